The molecule has 1 N–H and O–H groups in total. The minimum Gasteiger partial charge on any atom is -0.484 e. The number of hydrogen-bond acceptors (Lipinski definition) is 4. The molecule has 3 aromatic rings. The number of fused-ring (bicyclic) bond motifs is 1. The number of halogens is 1. The van der Waals surface area contributed by atoms with Crippen LogP contribution in [0.5, 0.6) is 5.75 Å². The smallest absolute Gasteiger partial charge is 0.264 e. The van der Waals surface area contributed by atoms with Gasteiger partial charge in [-0.25, -0.2) is 12.8 Å². The standard InChI is InChI=1S/C22H19FN2O4S/c23-17-5-7-18(8-6-17)24-22(26)15-29-19-9-11-20(12-10-19)30(27,28)25-14-13-16-3-1-2-4-21(16)25/h1-12H,13-15H2,(H,24,26). The molecule has 30 heavy (non-hydrogen) atoms. The molecule has 0 spiro atoms. The Hall–Kier alpha value is -3.39. The lowest BCUT2D eigenvalue weighted by molar-refractivity contribution is -0.118. The largest absolute Gasteiger partial charge is 0.484 e. The first-order valence-electron chi connectivity index (χ1n) is 9.32. The number of hydrogen-bond donors (Lipinski definition) is 1. The van der Waals surface area contributed by atoms with Crippen LogP contribution in [0.4, 0.5) is 15.8 Å². The number of benzene rings is 3. The highest BCUT2D eigenvalue weighted by Gasteiger charge is 2.30. The first-order chi connectivity index (χ1) is 14.4. The van der Waals surface area contributed by atoms with Gasteiger partial charge in [0, 0.05) is 12.2 Å². The lowest BCUT2D eigenvalue weighted by atomic mass is 10.2. The minimum atomic E-state index is -3.68. The van der Waals surface area contributed by atoms with E-state index in [0.717, 1.165) is 5.56 Å². The Morgan fingerprint density at radius 3 is 2.43 bits per heavy atom. The van der Waals surface area contributed by atoms with Crippen molar-refractivity contribution in [2.24, 2.45) is 0 Å². The fourth-order valence-electron chi connectivity index (χ4n) is 3.27. The molecule has 0 radical (unpaired) electrons. The summed E-state index contributed by atoms with van der Waals surface area (Å²) in [6, 6.07) is 18.8. The summed E-state index contributed by atoms with van der Waals surface area (Å²) in [6.07, 6.45) is 0.680. The Labute approximate surface area is 174 Å². The van der Waals surface area contributed by atoms with Crippen LogP contribution >= 0.6 is 0 Å². The summed E-state index contributed by atoms with van der Waals surface area (Å²) in [5.41, 5.74) is 2.17. The van der Waals surface area contributed by atoms with E-state index in [-0.39, 0.29) is 11.5 Å². The normalized spacial score (nSPS) is 13.0. The van der Waals surface area contributed by atoms with E-state index in [2.05, 4.69) is 5.32 Å². The average Bonchev–Trinajstić information content (AvgIpc) is 3.19. The van der Waals surface area contributed by atoms with Crippen LogP contribution in [0.3, 0.4) is 0 Å². The van der Waals surface area contributed by atoms with Gasteiger partial charge in [-0.05, 0) is 66.6 Å². The van der Waals surface area contributed by atoms with Crippen molar-refractivity contribution in [3.05, 3.63) is 84.2 Å². The van der Waals surface area contributed by atoms with Gasteiger partial charge in [-0.15, -0.1) is 0 Å². The van der Waals surface area contributed by atoms with Crippen molar-refractivity contribution >= 4 is 27.3 Å². The summed E-state index contributed by atoms with van der Waals surface area (Å²) in [5.74, 6) is -0.436. The van der Waals surface area contributed by atoms with E-state index in [9.17, 15) is 17.6 Å². The van der Waals surface area contributed by atoms with Crippen LogP contribution in [0.25, 0.3) is 0 Å². The zero-order valence-electron chi connectivity index (χ0n) is 15.9. The first-order valence-corrected chi connectivity index (χ1v) is 10.8. The maximum atomic E-state index is 13.0. The van der Waals surface area contributed by atoms with Crippen LogP contribution in [0.15, 0.2) is 77.7 Å². The third-order valence-electron chi connectivity index (χ3n) is 4.75. The van der Waals surface area contributed by atoms with Crippen LogP contribution in [-0.2, 0) is 21.2 Å². The van der Waals surface area contributed by atoms with Crippen molar-refractivity contribution in [1.82, 2.24) is 0 Å². The van der Waals surface area contributed by atoms with Crippen molar-refractivity contribution in [2.75, 3.05) is 22.8 Å². The number of para-hydroxylation sites is 1. The number of nitrogens with zero attached hydrogens (tertiary/aromatic N) is 1. The minimum absolute atomic E-state index is 0.155. The van der Waals surface area contributed by atoms with Crippen molar-refractivity contribution in [3.8, 4) is 5.75 Å². The number of ether oxygens (including phenoxy) is 1. The van der Waals surface area contributed by atoms with Crippen LogP contribution in [0, 0.1) is 5.82 Å². The van der Waals surface area contributed by atoms with E-state index in [0.29, 0.717) is 30.1 Å². The van der Waals surface area contributed by atoms with Crippen LogP contribution in [0.1, 0.15) is 5.56 Å². The summed E-state index contributed by atoms with van der Waals surface area (Å²) in [7, 11) is -3.68. The Morgan fingerprint density at radius 1 is 1.00 bits per heavy atom. The molecule has 6 nitrogen and oxygen atoms in total. The molecule has 0 atom stereocenters. The molecular formula is C22H19FN2O4S. The van der Waals surface area contributed by atoms with E-state index in [4.69, 9.17) is 4.74 Å². The molecule has 0 fully saturated rings. The number of carbonyl (C=O) groups is 1. The van der Waals surface area contributed by atoms with E-state index in [1.54, 1.807) is 6.07 Å². The highest BCUT2D eigenvalue weighted by molar-refractivity contribution is 7.92. The molecule has 1 aliphatic rings. The summed E-state index contributed by atoms with van der Waals surface area (Å²) in [4.78, 5) is 12.1. The molecule has 0 saturated carbocycles. The number of nitrogens with one attached hydrogen (secondary N) is 1. The highest BCUT2D eigenvalue weighted by atomic mass is 32.2. The molecule has 4 rings (SSSR count). The molecule has 1 heterocycles. The predicted molar refractivity (Wildman–Crippen MR) is 112 cm³/mol. The maximum Gasteiger partial charge on any atom is 0.264 e. The van der Waals surface area contributed by atoms with Crippen molar-refractivity contribution in [1.29, 1.82) is 0 Å². The van der Waals surface area contributed by atoms with Crippen LogP contribution < -0.4 is 14.4 Å². The molecule has 0 bridgehead atoms. The third-order valence-corrected chi connectivity index (χ3v) is 6.58. The lowest BCUT2D eigenvalue weighted by Gasteiger charge is -2.19. The Balaban J connectivity index is 1.39. The molecule has 0 saturated heterocycles. The number of carbonyl (C=O) groups excluding carboxylic acids is 1. The van der Waals surface area contributed by atoms with Gasteiger partial charge in [-0.1, -0.05) is 18.2 Å². The number of amides is 1. The van der Waals surface area contributed by atoms with E-state index in [1.165, 1.54) is 52.8 Å². The highest BCUT2D eigenvalue weighted by Crippen LogP contribution is 2.33. The van der Waals surface area contributed by atoms with Crippen molar-refractivity contribution < 1.29 is 22.3 Å². The van der Waals surface area contributed by atoms with Gasteiger partial charge in [0.1, 0.15) is 11.6 Å². The predicted octanol–water partition coefficient (Wildman–Crippen LogP) is 3.59. The molecule has 154 valence electrons. The number of anilines is 2. The van der Waals surface area contributed by atoms with Gasteiger partial charge in [-0.3, -0.25) is 9.10 Å². The monoisotopic (exact) mass is 426 g/mol. The Kier molecular flexibility index (Phi) is 5.41. The van der Waals surface area contributed by atoms with Gasteiger partial charge in [-0.2, -0.15) is 0 Å². The first kappa shape index (κ1) is 19.9. The zero-order valence-corrected chi connectivity index (χ0v) is 16.7. The second kappa shape index (κ2) is 8.16. The molecule has 0 aromatic heterocycles. The molecule has 8 heteroatoms. The molecule has 1 aliphatic heterocycles. The average molecular weight is 426 g/mol. The van der Waals surface area contributed by atoms with E-state index >= 15 is 0 Å². The molecule has 0 aliphatic carbocycles. The van der Waals surface area contributed by atoms with Gasteiger partial charge < -0.3 is 10.1 Å². The Bertz CT molecular complexity index is 1160. The van der Waals surface area contributed by atoms with E-state index < -0.39 is 21.7 Å². The summed E-state index contributed by atoms with van der Waals surface area (Å²) in [6.45, 7) is 0.145. The molecule has 3 aromatic carbocycles. The number of sulfonamides is 1. The quantitative estimate of drug-likeness (QED) is 0.654. The zero-order chi connectivity index (χ0) is 21.1. The SMILES string of the molecule is O=C(COc1ccc(S(=O)(=O)N2CCc3ccccc32)cc1)Nc1ccc(F)cc1. The molecule has 0 unspecified atom stereocenters. The topological polar surface area (TPSA) is 75.7 Å². The lowest BCUT2D eigenvalue weighted by Crippen LogP contribution is -2.29. The molecule has 1 amide bonds. The van der Waals surface area contributed by atoms with Gasteiger partial charge >= 0.3 is 0 Å². The van der Waals surface area contributed by atoms with E-state index in [1.807, 2.05) is 18.2 Å². The second-order valence-electron chi connectivity index (χ2n) is 6.77. The van der Waals surface area contributed by atoms with Gasteiger partial charge in [0.15, 0.2) is 6.61 Å². The second-order valence-corrected chi connectivity index (χ2v) is 8.63. The number of rotatable bonds is 6. The van der Waals surface area contributed by atoms with Crippen molar-refractivity contribution in [3.63, 3.8) is 0 Å². The van der Waals surface area contributed by atoms with Gasteiger partial charge in [0.2, 0.25) is 0 Å². The fourth-order valence-corrected chi connectivity index (χ4v) is 4.78. The Morgan fingerprint density at radius 2 is 1.70 bits per heavy atom. The van der Waals surface area contributed by atoms with Crippen LogP contribution in [0.2, 0.25) is 0 Å². The van der Waals surface area contributed by atoms with Gasteiger partial charge in [0.05, 0.1) is 10.6 Å². The summed E-state index contributed by atoms with van der Waals surface area (Å²) in [5, 5.41) is 2.59. The maximum absolute atomic E-state index is 13.0. The molecular weight excluding hydrogens is 407 g/mol. The fraction of sp³-hybridized carbons (Fsp3) is 0.136. The van der Waals surface area contributed by atoms with Crippen molar-refractivity contribution in [2.45, 2.75) is 11.3 Å². The summed E-state index contributed by atoms with van der Waals surface area (Å²) < 4.78 is 45.7. The van der Waals surface area contributed by atoms with Gasteiger partial charge in [0.25, 0.3) is 15.9 Å². The van der Waals surface area contributed by atoms with Crippen LogP contribution in [-0.4, -0.2) is 27.5 Å². The third kappa shape index (κ3) is 4.13. The summed E-state index contributed by atoms with van der Waals surface area (Å²) >= 11 is 0.